The zero-order valence-corrected chi connectivity index (χ0v) is 15.2. The predicted molar refractivity (Wildman–Crippen MR) is 97.1 cm³/mol. The summed E-state index contributed by atoms with van der Waals surface area (Å²) in [5, 5.41) is 11.2. The molecular weight excluding hydrogens is 357 g/mol. The van der Waals surface area contributed by atoms with Gasteiger partial charge in [0.2, 0.25) is 0 Å². The van der Waals surface area contributed by atoms with Crippen LogP contribution in [0.5, 0.6) is 23.1 Å². The summed E-state index contributed by atoms with van der Waals surface area (Å²) in [5.41, 5.74) is 0.0771. The molecule has 2 aromatic heterocycles. The fraction of sp³-hybridized carbons (Fsp3) is 0.222. The molecule has 0 amide bonds. The molecule has 3 rings (SSSR count). The molecule has 0 fully saturated rings. The van der Waals surface area contributed by atoms with Crippen molar-refractivity contribution < 1.29 is 23.5 Å². The molecule has 0 saturated carbocycles. The molecule has 2 heterocycles. The summed E-state index contributed by atoms with van der Waals surface area (Å²) in [4.78, 5) is 17.8. The average Bonchev–Trinajstić information content (AvgIpc) is 2.70. The van der Waals surface area contributed by atoms with Gasteiger partial charge >= 0.3 is 0 Å². The van der Waals surface area contributed by atoms with E-state index in [9.17, 15) is 14.5 Å². The molecule has 0 unspecified atom stereocenters. The number of halogens is 1. The van der Waals surface area contributed by atoms with Crippen LogP contribution in [-0.2, 0) is 0 Å². The van der Waals surface area contributed by atoms with Crippen molar-refractivity contribution in [2.75, 3.05) is 14.2 Å². The van der Waals surface area contributed by atoms with Crippen LogP contribution in [0.15, 0.2) is 36.7 Å². The summed E-state index contributed by atoms with van der Waals surface area (Å²) in [6.07, 6.45) is 2.40. The number of ether oxygens (including phenoxy) is 3. The number of rotatable bonds is 5. The van der Waals surface area contributed by atoms with Crippen molar-refractivity contribution in [3.63, 3.8) is 0 Å². The predicted octanol–water partition coefficient (Wildman–Crippen LogP) is 4.51. The Bertz CT molecular complexity index is 965. The molecule has 0 saturated heterocycles. The first-order valence-electron chi connectivity index (χ1n) is 8.02. The highest BCUT2D eigenvalue weighted by Gasteiger charge is 2.16. The van der Waals surface area contributed by atoms with E-state index >= 15 is 0 Å². The molecule has 0 aliphatic rings. The van der Waals surface area contributed by atoms with E-state index in [-0.39, 0.29) is 11.6 Å². The molecule has 0 radical (unpaired) electrons. The maximum Gasteiger partial charge on any atom is 0.290 e. The first-order valence-corrected chi connectivity index (χ1v) is 8.02. The summed E-state index contributed by atoms with van der Waals surface area (Å²) in [7, 11) is 2.98. The number of hydrogen-bond acceptors (Lipinski definition) is 7. The zero-order valence-electron chi connectivity index (χ0n) is 15.2. The minimum atomic E-state index is -0.945. The molecule has 0 bridgehead atoms. The van der Waals surface area contributed by atoms with E-state index in [1.165, 1.54) is 26.5 Å². The Labute approximate surface area is 154 Å². The SMILES string of the molecule is CC.COc1cc2nccc(Oc3ncc([N+](=O)[O-])cc3F)c2cc1OC. The molecule has 8 nitrogen and oxygen atoms in total. The van der Waals surface area contributed by atoms with Gasteiger partial charge in [0.1, 0.15) is 11.9 Å². The van der Waals surface area contributed by atoms with Crippen LogP contribution in [0.3, 0.4) is 0 Å². The smallest absolute Gasteiger partial charge is 0.290 e. The highest BCUT2D eigenvalue weighted by Crippen LogP contribution is 2.37. The van der Waals surface area contributed by atoms with E-state index < -0.39 is 16.4 Å². The first-order chi connectivity index (χ1) is 13.0. The number of pyridine rings is 2. The average molecular weight is 375 g/mol. The lowest BCUT2D eigenvalue weighted by Gasteiger charge is -2.12. The molecule has 0 atom stereocenters. The van der Waals surface area contributed by atoms with E-state index in [0.717, 1.165) is 12.3 Å². The first kappa shape index (κ1) is 19.8. The number of nitro groups is 1. The normalized spacial score (nSPS) is 9.96. The molecule has 0 spiro atoms. The van der Waals surface area contributed by atoms with Crippen molar-refractivity contribution in [3.05, 3.63) is 52.6 Å². The Morgan fingerprint density at radius 3 is 2.30 bits per heavy atom. The van der Waals surface area contributed by atoms with Crippen molar-refractivity contribution in [3.8, 4) is 23.1 Å². The van der Waals surface area contributed by atoms with Crippen LogP contribution in [0.2, 0.25) is 0 Å². The van der Waals surface area contributed by atoms with Crippen LogP contribution in [-0.4, -0.2) is 29.1 Å². The quantitative estimate of drug-likeness (QED) is 0.478. The second kappa shape index (κ2) is 8.75. The van der Waals surface area contributed by atoms with E-state index in [1.54, 1.807) is 12.1 Å². The van der Waals surface area contributed by atoms with Crippen molar-refractivity contribution >= 4 is 16.6 Å². The molecule has 1 aromatic carbocycles. The van der Waals surface area contributed by atoms with Crippen molar-refractivity contribution in [1.29, 1.82) is 0 Å². The number of benzene rings is 1. The second-order valence-corrected chi connectivity index (χ2v) is 4.87. The van der Waals surface area contributed by atoms with Gasteiger partial charge in [-0.2, -0.15) is 0 Å². The topological polar surface area (TPSA) is 96.6 Å². The van der Waals surface area contributed by atoms with Gasteiger partial charge in [0.25, 0.3) is 11.6 Å². The van der Waals surface area contributed by atoms with E-state index in [0.29, 0.717) is 22.4 Å². The van der Waals surface area contributed by atoms with Gasteiger partial charge in [-0.05, 0) is 12.1 Å². The Morgan fingerprint density at radius 1 is 1.04 bits per heavy atom. The van der Waals surface area contributed by atoms with Crippen molar-refractivity contribution in [2.45, 2.75) is 13.8 Å². The molecule has 3 aromatic rings. The lowest BCUT2D eigenvalue weighted by Crippen LogP contribution is -1.97. The Morgan fingerprint density at radius 2 is 1.70 bits per heavy atom. The molecule has 9 heteroatoms. The number of aromatic nitrogens is 2. The number of methoxy groups -OCH3 is 2. The third-order valence-corrected chi connectivity index (χ3v) is 3.42. The van der Waals surface area contributed by atoms with E-state index in [4.69, 9.17) is 14.2 Å². The van der Waals surface area contributed by atoms with Gasteiger partial charge in [0.15, 0.2) is 17.3 Å². The zero-order chi connectivity index (χ0) is 20.0. The molecule has 27 heavy (non-hydrogen) atoms. The molecule has 0 aliphatic carbocycles. The highest BCUT2D eigenvalue weighted by molar-refractivity contribution is 5.88. The minimum Gasteiger partial charge on any atom is -0.493 e. The third-order valence-electron chi connectivity index (χ3n) is 3.42. The van der Waals surface area contributed by atoms with Crippen molar-refractivity contribution in [1.82, 2.24) is 9.97 Å². The monoisotopic (exact) mass is 375 g/mol. The Kier molecular flexibility index (Phi) is 6.42. The maximum atomic E-state index is 14.0. The van der Waals surface area contributed by atoms with Gasteiger partial charge in [-0.15, -0.1) is 0 Å². The van der Waals surface area contributed by atoms with E-state index in [1.807, 2.05) is 13.8 Å². The lowest BCUT2D eigenvalue weighted by molar-refractivity contribution is -0.385. The van der Waals surface area contributed by atoms with Gasteiger partial charge in [0, 0.05) is 17.6 Å². The van der Waals surface area contributed by atoms with Crippen molar-refractivity contribution in [2.24, 2.45) is 0 Å². The van der Waals surface area contributed by atoms with Gasteiger partial charge in [-0.1, -0.05) is 13.8 Å². The largest absolute Gasteiger partial charge is 0.493 e. The van der Waals surface area contributed by atoms with Crippen LogP contribution in [0.1, 0.15) is 13.8 Å². The van der Waals surface area contributed by atoms with Crippen LogP contribution >= 0.6 is 0 Å². The van der Waals surface area contributed by atoms with Crippen LogP contribution in [0, 0.1) is 15.9 Å². The van der Waals surface area contributed by atoms with Crippen LogP contribution < -0.4 is 14.2 Å². The Hall–Kier alpha value is -3.49. The van der Waals surface area contributed by atoms with Gasteiger partial charge in [-0.25, -0.2) is 9.37 Å². The Balaban J connectivity index is 0.00000126. The molecule has 0 N–H and O–H groups in total. The standard InChI is InChI=1S/C16H12FN3O5.C2H6/c1-23-14-6-10-12(7-15(14)24-2)18-4-3-13(10)25-16-11(17)5-9(8-19-16)20(21)22;1-2/h3-8H,1-2H3;1-2H3. The van der Waals surface area contributed by atoms with Gasteiger partial charge in [0.05, 0.1) is 30.7 Å². The minimum absolute atomic E-state index is 0.270. The third kappa shape index (κ3) is 4.20. The fourth-order valence-corrected chi connectivity index (χ4v) is 2.23. The fourth-order valence-electron chi connectivity index (χ4n) is 2.23. The second-order valence-electron chi connectivity index (χ2n) is 4.87. The number of fused-ring (bicyclic) bond motifs is 1. The maximum absolute atomic E-state index is 14.0. The summed E-state index contributed by atoms with van der Waals surface area (Å²) in [5.74, 6) is -0.122. The van der Waals surface area contributed by atoms with Gasteiger partial charge < -0.3 is 14.2 Å². The summed E-state index contributed by atoms with van der Waals surface area (Å²) in [6.45, 7) is 4.00. The van der Waals surface area contributed by atoms with Gasteiger partial charge in [-0.3, -0.25) is 15.1 Å². The number of hydrogen-bond donors (Lipinski definition) is 0. The summed E-state index contributed by atoms with van der Waals surface area (Å²) >= 11 is 0. The summed E-state index contributed by atoms with van der Waals surface area (Å²) < 4.78 is 30.0. The molecular formula is C18H18FN3O5. The van der Waals surface area contributed by atoms with Crippen LogP contribution in [0.4, 0.5) is 10.1 Å². The molecule has 0 aliphatic heterocycles. The van der Waals surface area contributed by atoms with E-state index in [2.05, 4.69) is 9.97 Å². The van der Waals surface area contributed by atoms with Crippen LogP contribution in [0.25, 0.3) is 10.9 Å². The summed E-state index contributed by atoms with van der Waals surface area (Å²) in [6, 6.07) is 5.56. The number of nitrogens with zero attached hydrogens (tertiary/aromatic N) is 3. The lowest BCUT2D eigenvalue weighted by atomic mass is 10.2. The molecule has 142 valence electrons. The highest BCUT2D eigenvalue weighted by atomic mass is 19.1.